The summed E-state index contributed by atoms with van der Waals surface area (Å²) in [5, 5.41) is 23.1. The highest BCUT2D eigenvalue weighted by Gasteiger charge is 2.16. The number of halogens is 2. The van der Waals surface area contributed by atoms with E-state index in [0.717, 1.165) is 0 Å². The standard InChI is InChI=1S/C19H11BrClN5O3/c20-16-6-5-14(26(28)29)10-15(16)19(27)22-12-4-7-17-18(9-12)24-25(23-17)13-3-1-2-11(21)8-13/h1-10H,(H,22,27). The molecule has 0 saturated heterocycles. The topological polar surface area (TPSA) is 103 Å². The summed E-state index contributed by atoms with van der Waals surface area (Å²) in [5.41, 5.74) is 2.39. The monoisotopic (exact) mass is 471 g/mol. The fourth-order valence-electron chi connectivity index (χ4n) is 2.71. The van der Waals surface area contributed by atoms with Gasteiger partial charge in [-0.1, -0.05) is 17.7 Å². The zero-order valence-corrected chi connectivity index (χ0v) is 16.9. The zero-order valence-electron chi connectivity index (χ0n) is 14.5. The Morgan fingerprint density at radius 2 is 1.86 bits per heavy atom. The van der Waals surface area contributed by atoms with Crippen LogP contribution in [0.3, 0.4) is 0 Å². The molecule has 0 saturated carbocycles. The lowest BCUT2D eigenvalue weighted by molar-refractivity contribution is -0.384. The fraction of sp³-hybridized carbons (Fsp3) is 0. The van der Waals surface area contributed by atoms with Crippen molar-refractivity contribution < 1.29 is 9.72 Å². The van der Waals surface area contributed by atoms with Crippen LogP contribution in [0, 0.1) is 10.1 Å². The summed E-state index contributed by atoms with van der Waals surface area (Å²) in [6.45, 7) is 0. The second-order valence-electron chi connectivity index (χ2n) is 6.05. The molecule has 8 nitrogen and oxygen atoms in total. The normalized spacial score (nSPS) is 10.8. The Balaban J connectivity index is 1.63. The van der Waals surface area contributed by atoms with Gasteiger partial charge in [-0.3, -0.25) is 14.9 Å². The largest absolute Gasteiger partial charge is 0.322 e. The van der Waals surface area contributed by atoms with Crippen LogP contribution in [0.4, 0.5) is 11.4 Å². The van der Waals surface area contributed by atoms with Gasteiger partial charge in [-0.05, 0) is 58.4 Å². The molecular formula is C19H11BrClN5O3. The quantitative estimate of drug-likeness (QED) is 0.333. The number of nitro benzene ring substituents is 1. The molecule has 144 valence electrons. The number of hydrogen-bond donors (Lipinski definition) is 1. The molecule has 3 aromatic carbocycles. The molecule has 1 heterocycles. The minimum atomic E-state index is -0.552. The van der Waals surface area contributed by atoms with E-state index in [9.17, 15) is 14.9 Å². The van der Waals surface area contributed by atoms with Crippen molar-refractivity contribution in [3.05, 3.63) is 85.8 Å². The Kier molecular flexibility index (Phi) is 4.99. The minimum absolute atomic E-state index is 0.155. The number of anilines is 1. The molecule has 0 bridgehead atoms. The van der Waals surface area contributed by atoms with Gasteiger partial charge >= 0.3 is 0 Å². The molecule has 0 aliphatic carbocycles. The van der Waals surface area contributed by atoms with Gasteiger partial charge in [-0.2, -0.15) is 4.80 Å². The van der Waals surface area contributed by atoms with Crippen LogP contribution < -0.4 is 5.32 Å². The predicted molar refractivity (Wildman–Crippen MR) is 113 cm³/mol. The van der Waals surface area contributed by atoms with E-state index in [2.05, 4.69) is 31.4 Å². The second-order valence-corrected chi connectivity index (χ2v) is 7.34. The van der Waals surface area contributed by atoms with Crippen molar-refractivity contribution in [1.82, 2.24) is 15.0 Å². The summed E-state index contributed by atoms with van der Waals surface area (Å²) in [6, 6.07) is 16.2. The summed E-state index contributed by atoms with van der Waals surface area (Å²) in [6.07, 6.45) is 0. The van der Waals surface area contributed by atoms with Crippen LogP contribution in [0.1, 0.15) is 10.4 Å². The average Bonchev–Trinajstić information content (AvgIpc) is 3.11. The van der Waals surface area contributed by atoms with E-state index in [4.69, 9.17) is 11.6 Å². The van der Waals surface area contributed by atoms with Crippen molar-refractivity contribution in [1.29, 1.82) is 0 Å². The Labute approximate surface area is 177 Å². The van der Waals surface area contributed by atoms with Crippen molar-refractivity contribution in [2.75, 3.05) is 5.32 Å². The van der Waals surface area contributed by atoms with E-state index in [1.807, 2.05) is 6.07 Å². The van der Waals surface area contributed by atoms with Crippen LogP contribution >= 0.6 is 27.5 Å². The number of aromatic nitrogens is 3. The van der Waals surface area contributed by atoms with Gasteiger partial charge in [0.1, 0.15) is 11.0 Å². The van der Waals surface area contributed by atoms with Gasteiger partial charge in [0.05, 0.1) is 16.2 Å². The van der Waals surface area contributed by atoms with Crippen molar-refractivity contribution in [2.45, 2.75) is 0 Å². The lowest BCUT2D eigenvalue weighted by Crippen LogP contribution is -2.12. The molecule has 4 rings (SSSR count). The lowest BCUT2D eigenvalue weighted by atomic mass is 10.2. The number of non-ortho nitro benzene ring substituents is 1. The number of hydrogen-bond acceptors (Lipinski definition) is 5. The molecule has 1 amide bonds. The molecule has 0 fully saturated rings. The molecule has 4 aromatic rings. The molecule has 1 aromatic heterocycles. The molecule has 0 unspecified atom stereocenters. The number of nitrogens with zero attached hydrogens (tertiary/aromatic N) is 4. The molecule has 1 N–H and O–H groups in total. The molecule has 29 heavy (non-hydrogen) atoms. The molecule has 10 heteroatoms. The number of nitrogens with one attached hydrogen (secondary N) is 1. The lowest BCUT2D eigenvalue weighted by Gasteiger charge is -2.06. The van der Waals surface area contributed by atoms with Crippen LogP contribution in [0.5, 0.6) is 0 Å². The molecular weight excluding hydrogens is 462 g/mol. The predicted octanol–water partition coefficient (Wildman–Crippen LogP) is 5.00. The maximum atomic E-state index is 12.6. The second kappa shape index (κ2) is 7.61. The highest BCUT2D eigenvalue weighted by molar-refractivity contribution is 9.10. The van der Waals surface area contributed by atoms with E-state index in [1.54, 1.807) is 36.4 Å². The SMILES string of the molecule is O=C(Nc1ccc2nn(-c3cccc(Cl)c3)nc2c1)c1cc([N+](=O)[O-])ccc1Br. The maximum Gasteiger partial charge on any atom is 0.270 e. The molecule has 0 aliphatic heterocycles. The Morgan fingerprint density at radius 3 is 2.62 bits per heavy atom. The highest BCUT2D eigenvalue weighted by Crippen LogP contribution is 2.24. The van der Waals surface area contributed by atoms with Crippen LogP contribution in [0.15, 0.2) is 65.1 Å². The number of benzene rings is 3. The molecule has 0 aliphatic rings. The first-order valence-corrected chi connectivity index (χ1v) is 9.46. The Hall–Kier alpha value is -3.30. The van der Waals surface area contributed by atoms with E-state index in [-0.39, 0.29) is 11.3 Å². The summed E-state index contributed by atoms with van der Waals surface area (Å²) >= 11 is 9.26. The fourth-order valence-corrected chi connectivity index (χ4v) is 3.32. The van der Waals surface area contributed by atoms with Crippen LogP contribution in [-0.4, -0.2) is 25.8 Å². The van der Waals surface area contributed by atoms with Gasteiger partial charge in [0.15, 0.2) is 0 Å². The van der Waals surface area contributed by atoms with Crippen molar-refractivity contribution in [3.8, 4) is 5.69 Å². The third-order valence-corrected chi connectivity index (χ3v) is 5.01. The number of amides is 1. The highest BCUT2D eigenvalue weighted by atomic mass is 79.9. The van der Waals surface area contributed by atoms with Crippen molar-refractivity contribution in [3.63, 3.8) is 0 Å². The summed E-state index contributed by atoms with van der Waals surface area (Å²) in [5.74, 6) is -0.484. The molecule has 0 atom stereocenters. The number of fused-ring (bicyclic) bond motifs is 1. The first-order chi connectivity index (χ1) is 13.9. The first-order valence-electron chi connectivity index (χ1n) is 8.29. The van der Waals surface area contributed by atoms with Crippen LogP contribution in [0.25, 0.3) is 16.7 Å². The Morgan fingerprint density at radius 1 is 1.07 bits per heavy atom. The Bertz CT molecular complexity index is 1270. The number of carbonyl (C=O) groups excluding carboxylic acids is 1. The van der Waals surface area contributed by atoms with Gasteiger partial charge in [-0.25, -0.2) is 0 Å². The van der Waals surface area contributed by atoms with Gasteiger partial charge in [0, 0.05) is 27.3 Å². The van der Waals surface area contributed by atoms with Gasteiger partial charge in [0.25, 0.3) is 11.6 Å². The van der Waals surface area contributed by atoms with Crippen molar-refractivity contribution >= 4 is 55.8 Å². The maximum absolute atomic E-state index is 12.6. The van der Waals surface area contributed by atoms with E-state index in [1.165, 1.54) is 23.0 Å². The van der Waals surface area contributed by atoms with Gasteiger partial charge < -0.3 is 5.32 Å². The zero-order chi connectivity index (χ0) is 20.5. The third-order valence-electron chi connectivity index (χ3n) is 4.08. The number of nitro groups is 1. The van der Waals surface area contributed by atoms with Crippen molar-refractivity contribution in [2.24, 2.45) is 0 Å². The van der Waals surface area contributed by atoms with E-state index >= 15 is 0 Å². The summed E-state index contributed by atoms with van der Waals surface area (Å²) < 4.78 is 0.452. The molecule has 0 radical (unpaired) electrons. The molecule has 0 spiro atoms. The van der Waals surface area contributed by atoms with Gasteiger partial charge in [0.2, 0.25) is 0 Å². The third kappa shape index (κ3) is 3.96. The van der Waals surface area contributed by atoms with E-state index < -0.39 is 10.8 Å². The number of rotatable bonds is 4. The first kappa shape index (κ1) is 19.0. The average molecular weight is 473 g/mol. The summed E-state index contributed by atoms with van der Waals surface area (Å²) in [4.78, 5) is 24.5. The van der Waals surface area contributed by atoms with Gasteiger partial charge in [-0.15, -0.1) is 10.2 Å². The summed E-state index contributed by atoms with van der Waals surface area (Å²) in [7, 11) is 0. The van der Waals surface area contributed by atoms with Crippen LogP contribution in [0.2, 0.25) is 5.02 Å². The minimum Gasteiger partial charge on any atom is -0.322 e. The van der Waals surface area contributed by atoms with Crippen LogP contribution in [-0.2, 0) is 0 Å². The smallest absolute Gasteiger partial charge is 0.270 e. The van der Waals surface area contributed by atoms with E-state index in [0.29, 0.717) is 31.9 Å². The number of carbonyl (C=O) groups is 1.